The summed E-state index contributed by atoms with van der Waals surface area (Å²) in [7, 11) is -3.43. The molecule has 112 valence electrons. The second-order valence-corrected chi connectivity index (χ2v) is 6.84. The van der Waals surface area contributed by atoms with Crippen LogP contribution in [-0.2, 0) is 20.5 Å². The Kier molecular flexibility index (Phi) is 6.54. The molecule has 3 N–H and O–H groups in total. The van der Waals surface area contributed by atoms with Crippen LogP contribution in [0.5, 0.6) is 0 Å². The molecule has 0 aliphatic rings. The van der Waals surface area contributed by atoms with Crippen LogP contribution in [0.1, 0.15) is 25.0 Å². The highest BCUT2D eigenvalue weighted by Gasteiger charge is 2.14. The Morgan fingerprint density at radius 2 is 2.05 bits per heavy atom. The van der Waals surface area contributed by atoms with Gasteiger partial charge < -0.3 is 10.5 Å². The zero-order chi connectivity index (χ0) is 15.2. The molecule has 1 aromatic carbocycles. The number of nitrogens with one attached hydrogen (secondary N) is 1. The van der Waals surface area contributed by atoms with E-state index in [2.05, 4.69) is 4.72 Å². The highest BCUT2D eigenvalue weighted by atomic mass is 32.2. The standard InChI is InChI=1S/C13H20N2O3S2/c1-10(2)18-8-7-15-20(16,17)9-11-5-3-4-6-12(11)13(14)19/h3-6,10,15H,7-9H2,1-2H3,(H2,14,19). The summed E-state index contributed by atoms with van der Waals surface area (Å²) in [5.41, 5.74) is 6.77. The quantitative estimate of drug-likeness (QED) is 0.556. The van der Waals surface area contributed by atoms with Crippen LogP contribution in [0.3, 0.4) is 0 Å². The fourth-order valence-electron chi connectivity index (χ4n) is 1.63. The number of thiocarbonyl (C=S) groups is 1. The molecule has 7 heteroatoms. The van der Waals surface area contributed by atoms with Crippen LogP contribution >= 0.6 is 12.2 Å². The van der Waals surface area contributed by atoms with Gasteiger partial charge in [-0.05, 0) is 19.4 Å². The lowest BCUT2D eigenvalue weighted by atomic mass is 10.1. The average molecular weight is 316 g/mol. The normalized spacial score (nSPS) is 11.8. The molecule has 0 atom stereocenters. The summed E-state index contributed by atoms with van der Waals surface area (Å²) < 4.78 is 31.7. The molecule has 0 aromatic heterocycles. The second kappa shape index (κ2) is 7.68. The first kappa shape index (κ1) is 17.0. The number of rotatable bonds is 8. The third kappa shape index (κ3) is 5.96. The van der Waals surface area contributed by atoms with Crippen molar-refractivity contribution in [2.75, 3.05) is 13.2 Å². The summed E-state index contributed by atoms with van der Waals surface area (Å²) in [4.78, 5) is 0.193. The van der Waals surface area contributed by atoms with E-state index in [0.717, 1.165) is 0 Å². The van der Waals surface area contributed by atoms with Crippen LogP contribution in [-0.4, -0.2) is 32.7 Å². The molecule has 0 amide bonds. The maximum absolute atomic E-state index is 12.0. The molecule has 20 heavy (non-hydrogen) atoms. The largest absolute Gasteiger partial charge is 0.389 e. The van der Waals surface area contributed by atoms with Crippen LogP contribution in [0.15, 0.2) is 24.3 Å². The van der Waals surface area contributed by atoms with Gasteiger partial charge >= 0.3 is 0 Å². The highest BCUT2D eigenvalue weighted by molar-refractivity contribution is 7.88. The number of benzene rings is 1. The minimum Gasteiger partial charge on any atom is -0.389 e. The average Bonchev–Trinajstić information content (AvgIpc) is 2.34. The van der Waals surface area contributed by atoms with E-state index >= 15 is 0 Å². The molecule has 1 aromatic rings. The Labute approximate surface area is 125 Å². The van der Waals surface area contributed by atoms with Crippen molar-refractivity contribution in [3.63, 3.8) is 0 Å². The van der Waals surface area contributed by atoms with E-state index in [4.69, 9.17) is 22.7 Å². The van der Waals surface area contributed by atoms with Crippen molar-refractivity contribution in [3.8, 4) is 0 Å². The SMILES string of the molecule is CC(C)OCCNS(=O)(=O)Cc1ccccc1C(N)=S. The van der Waals surface area contributed by atoms with E-state index < -0.39 is 10.0 Å². The van der Waals surface area contributed by atoms with Crippen LogP contribution in [0.25, 0.3) is 0 Å². The maximum Gasteiger partial charge on any atom is 0.215 e. The van der Waals surface area contributed by atoms with E-state index in [1.807, 2.05) is 13.8 Å². The first-order chi connectivity index (χ1) is 9.32. The van der Waals surface area contributed by atoms with Crippen LogP contribution in [0.4, 0.5) is 0 Å². The van der Waals surface area contributed by atoms with E-state index in [1.165, 1.54) is 0 Å². The van der Waals surface area contributed by atoms with Crippen molar-refractivity contribution < 1.29 is 13.2 Å². The number of ether oxygens (including phenoxy) is 1. The van der Waals surface area contributed by atoms with Gasteiger partial charge in [0.2, 0.25) is 10.0 Å². The predicted octanol–water partition coefficient (Wildman–Crippen LogP) is 1.17. The Balaban J connectivity index is 2.65. The number of nitrogens with two attached hydrogens (primary N) is 1. The number of hydrogen-bond acceptors (Lipinski definition) is 4. The molecule has 5 nitrogen and oxygen atoms in total. The van der Waals surface area contributed by atoms with Gasteiger partial charge in [-0.3, -0.25) is 0 Å². The molecular weight excluding hydrogens is 296 g/mol. The molecule has 0 radical (unpaired) electrons. The zero-order valence-electron chi connectivity index (χ0n) is 11.6. The minimum atomic E-state index is -3.43. The molecule has 0 spiro atoms. The van der Waals surface area contributed by atoms with Gasteiger partial charge in [-0.2, -0.15) is 0 Å². The van der Waals surface area contributed by atoms with Gasteiger partial charge in [-0.25, -0.2) is 13.1 Å². The summed E-state index contributed by atoms with van der Waals surface area (Å²) in [6.45, 7) is 4.38. The molecular formula is C13H20N2O3S2. The second-order valence-electron chi connectivity index (χ2n) is 4.59. The summed E-state index contributed by atoms with van der Waals surface area (Å²) in [6, 6.07) is 6.95. The molecule has 0 saturated heterocycles. The van der Waals surface area contributed by atoms with Crippen molar-refractivity contribution in [1.29, 1.82) is 0 Å². The van der Waals surface area contributed by atoms with Gasteiger partial charge in [0.15, 0.2) is 0 Å². The molecule has 0 bridgehead atoms. The van der Waals surface area contributed by atoms with Gasteiger partial charge in [0.1, 0.15) is 4.99 Å². The van der Waals surface area contributed by atoms with E-state index in [9.17, 15) is 8.42 Å². The molecule has 1 rings (SSSR count). The van der Waals surface area contributed by atoms with Gasteiger partial charge in [-0.1, -0.05) is 36.5 Å². The van der Waals surface area contributed by atoms with E-state index in [-0.39, 0.29) is 23.4 Å². The monoisotopic (exact) mass is 316 g/mol. The summed E-state index contributed by atoms with van der Waals surface area (Å²) in [6.07, 6.45) is 0.0786. The minimum absolute atomic E-state index is 0.0786. The van der Waals surface area contributed by atoms with Gasteiger partial charge in [0.05, 0.1) is 18.5 Å². The number of hydrogen-bond donors (Lipinski definition) is 2. The lowest BCUT2D eigenvalue weighted by molar-refractivity contribution is 0.0834. The third-order valence-corrected chi connectivity index (χ3v) is 4.06. The third-order valence-electron chi connectivity index (χ3n) is 2.50. The fraction of sp³-hybridized carbons (Fsp3) is 0.462. The van der Waals surface area contributed by atoms with Crippen molar-refractivity contribution in [3.05, 3.63) is 35.4 Å². The van der Waals surface area contributed by atoms with Crippen molar-refractivity contribution in [1.82, 2.24) is 4.72 Å². The smallest absolute Gasteiger partial charge is 0.215 e. The van der Waals surface area contributed by atoms with E-state index in [1.54, 1.807) is 24.3 Å². The Hall–Kier alpha value is -1.02. The number of sulfonamides is 1. The molecule has 0 saturated carbocycles. The lowest BCUT2D eigenvalue weighted by Crippen LogP contribution is -2.30. The Morgan fingerprint density at radius 1 is 1.40 bits per heavy atom. The van der Waals surface area contributed by atoms with Crippen molar-refractivity contribution >= 4 is 27.2 Å². The fourth-order valence-corrected chi connectivity index (χ4v) is 2.99. The molecule has 0 fully saturated rings. The molecule has 0 heterocycles. The van der Waals surface area contributed by atoms with Crippen molar-refractivity contribution in [2.45, 2.75) is 25.7 Å². The molecule has 0 unspecified atom stereocenters. The van der Waals surface area contributed by atoms with Gasteiger partial charge in [0, 0.05) is 12.1 Å². The first-order valence-corrected chi connectivity index (χ1v) is 8.34. The summed E-state index contributed by atoms with van der Waals surface area (Å²) in [5, 5.41) is 0. The summed E-state index contributed by atoms with van der Waals surface area (Å²) >= 11 is 4.92. The van der Waals surface area contributed by atoms with Crippen molar-refractivity contribution in [2.24, 2.45) is 5.73 Å². The highest BCUT2D eigenvalue weighted by Crippen LogP contribution is 2.11. The van der Waals surface area contributed by atoms with Crippen LogP contribution in [0, 0.1) is 0 Å². The van der Waals surface area contributed by atoms with Crippen LogP contribution < -0.4 is 10.5 Å². The molecule has 0 aliphatic heterocycles. The van der Waals surface area contributed by atoms with Gasteiger partial charge in [0.25, 0.3) is 0 Å². The van der Waals surface area contributed by atoms with Gasteiger partial charge in [-0.15, -0.1) is 0 Å². The Bertz CT molecular complexity index is 556. The zero-order valence-corrected chi connectivity index (χ0v) is 13.3. The van der Waals surface area contributed by atoms with E-state index in [0.29, 0.717) is 17.7 Å². The Morgan fingerprint density at radius 3 is 2.65 bits per heavy atom. The summed E-state index contributed by atoms with van der Waals surface area (Å²) in [5.74, 6) is -0.151. The topological polar surface area (TPSA) is 81.4 Å². The van der Waals surface area contributed by atoms with Crippen LogP contribution in [0.2, 0.25) is 0 Å². The predicted molar refractivity (Wildman–Crippen MR) is 84.0 cm³/mol. The first-order valence-electron chi connectivity index (χ1n) is 6.28. The lowest BCUT2D eigenvalue weighted by Gasteiger charge is -2.11. The molecule has 0 aliphatic carbocycles. The maximum atomic E-state index is 12.0.